The van der Waals surface area contributed by atoms with Gasteiger partial charge in [0.25, 0.3) is 0 Å². The van der Waals surface area contributed by atoms with Crippen LogP contribution in [0.15, 0.2) is 29.2 Å². The molecule has 0 amide bonds. The van der Waals surface area contributed by atoms with E-state index in [1.54, 1.807) is 11.8 Å². The summed E-state index contributed by atoms with van der Waals surface area (Å²) >= 11 is 7.49. The number of ketones is 1. The zero-order valence-electron chi connectivity index (χ0n) is 11.7. The quantitative estimate of drug-likeness (QED) is 0.404. The van der Waals surface area contributed by atoms with Gasteiger partial charge in [-0.15, -0.1) is 11.8 Å². The molecule has 0 bridgehead atoms. The van der Waals surface area contributed by atoms with Crippen LogP contribution in [0, 0.1) is 0 Å². The van der Waals surface area contributed by atoms with Gasteiger partial charge in [-0.25, -0.2) is 0 Å². The van der Waals surface area contributed by atoms with Crippen LogP contribution < -0.4 is 0 Å². The minimum absolute atomic E-state index is 0.348. The molecule has 106 valence electrons. The van der Waals surface area contributed by atoms with Crippen molar-refractivity contribution in [2.75, 3.05) is 5.75 Å². The second-order valence-electron chi connectivity index (χ2n) is 4.80. The molecule has 1 nitrogen and oxygen atoms in total. The summed E-state index contributed by atoms with van der Waals surface area (Å²) in [6.07, 6.45) is 8.12. The van der Waals surface area contributed by atoms with Gasteiger partial charge in [-0.1, -0.05) is 56.7 Å². The second kappa shape index (κ2) is 10.3. The van der Waals surface area contributed by atoms with Gasteiger partial charge in [0.15, 0.2) is 0 Å². The van der Waals surface area contributed by atoms with Crippen molar-refractivity contribution in [3.63, 3.8) is 0 Å². The number of benzene rings is 1. The van der Waals surface area contributed by atoms with Crippen LogP contribution in [0.1, 0.15) is 51.9 Å². The van der Waals surface area contributed by atoms with E-state index >= 15 is 0 Å². The molecule has 19 heavy (non-hydrogen) atoms. The number of thioether (sulfide) groups is 1. The van der Waals surface area contributed by atoms with Crippen molar-refractivity contribution in [2.45, 2.75) is 56.8 Å². The van der Waals surface area contributed by atoms with Crippen molar-refractivity contribution >= 4 is 29.1 Å². The minimum atomic E-state index is 0.348. The van der Waals surface area contributed by atoms with Crippen LogP contribution in [-0.2, 0) is 4.79 Å². The molecule has 3 heteroatoms. The van der Waals surface area contributed by atoms with E-state index in [1.165, 1.54) is 32.1 Å². The van der Waals surface area contributed by atoms with E-state index in [2.05, 4.69) is 6.92 Å². The predicted molar refractivity (Wildman–Crippen MR) is 85.2 cm³/mol. The maximum absolute atomic E-state index is 11.7. The summed E-state index contributed by atoms with van der Waals surface area (Å²) in [5, 5.41) is 0.730. The zero-order valence-corrected chi connectivity index (χ0v) is 13.2. The Morgan fingerprint density at radius 3 is 2.63 bits per heavy atom. The zero-order chi connectivity index (χ0) is 13.9. The monoisotopic (exact) mass is 298 g/mol. The van der Waals surface area contributed by atoms with Crippen LogP contribution in [0.3, 0.4) is 0 Å². The molecular formula is C16H23ClOS. The fourth-order valence-electron chi connectivity index (χ4n) is 1.90. The molecule has 1 aromatic rings. The van der Waals surface area contributed by atoms with Crippen molar-refractivity contribution in [2.24, 2.45) is 0 Å². The summed E-state index contributed by atoms with van der Waals surface area (Å²) in [6.45, 7) is 2.22. The lowest BCUT2D eigenvalue weighted by atomic mass is 10.1. The molecule has 0 saturated carbocycles. The van der Waals surface area contributed by atoms with Gasteiger partial charge in [-0.3, -0.25) is 4.79 Å². The number of halogens is 1. The van der Waals surface area contributed by atoms with Crippen molar-refractivity contribution in [3.05, 3.63) is 29.3 Å². The standard InChI is InChI=1S/C16H23ClOS/c1-2-3-4-5-6-7-10-15(18)13-19-16-11-8-9-14(17)12-16/h8-9,11-12H,2-7,10,13H2,1H3. The van der Waals surface area contributed by atoms with Gasteiger partial charge in [0.2, 0.25) is 0 Å². The van der Waals surface area contributed by atoms with E-state index in [9.17, 15) is 4.79 Å². The van der Waals surface area contributed by atoms with Crippen LogP contribution in [0.4, 0.5) is 0 Å². The Morgan fingerprint density at radius 1 is 1.16 bits per heavy atom. The Kier molecular flexibility index (Phi) is 9.02. The molecule has 0 N–H and O–H groups in total. The van der Waals surface area contributed by atoms with Gasteiger partial charge in [-0.05, 0) is 24.6 Å². The molecular weight excluding hydrogens is 276 g/mol. The Hall–Kier alpha value is -0.470. The lowest BCUT2D eigenvalue weighted by Crippen LogP contribution is -2.00. The maximum Gasteiger partial charge on any atom is 0.143 e. The number of rotatable bonds is 10. The average molecular weight is 299 g/mol. The molecule has 0 aliphatic rings. The van der Waals surface area contributed by atoms with Crippen molar-refractivity contribution in [1.29, 1.82) is 0 Å². The van der Waals surface area contributed by atoms with E-state index in [0.717, 1.165) is 22.8 Å². The molecule has 0 radical (unpaired) electrons. The van der Waals surface area contributed by atoms with Crippen molar-refractivity contribution in [1.82, 2.24) is 0 Å². The number of carbonyl (C=O) groups excluding carboxylic acids is 1. The highest BCUT2D eigenvalue weighted by molar-refractivity contribution is 8.00. The van der Waals surface area contributed by atoms with Crippen molar-refractivity contribution < 1.29 is 4.79 Å². The Balaban J connectivity index is 2.08. The molecule has 0 fully saturated rings. The number of Topliss-reactive ketones (excluding diaryl/α,β-unsaturated/α-hetero) is 1. The summed E-state index contributed by atoms with van der Waals surface area (Å²) in [7, 11) is 0. The Bertz CT molecular complexity index is 379. The molecule has 0 spiro atoms. The molecule has 1 rings (SSSR count). The molecule has 1 aromatic carbocycles. The lowest BCUT2D eigenvalue weighted by molar-refractivity contribution is -0.116. The number of hydrogen-bond donors (Lipinski definition) is 0. The molecule has 0 saturated heterocycles. The third kappa shape index (κ3) is 8.33. The third-order valence-electron chi connectivity index (χ3n) is 3.01. The summed E-state index contributed by atoms with van der Waals surface area (Å²) in [6, 6.07) is 7.67. The first-order valence-corrected chi connectivity index (χ1v) is 8.49. The highest BCUT2D eigenvalue weighted by Gasteiger charge is 2.03. The first-order chi connectivity index (χ1) is 9.22. The first-order valence-electron chi connectivity index (χ1n) is 7.12. The van der Waals surface area contributed by atoms with Gasteiger partial charge in [0, 0.05) is 16.3 Å². The van der Waals surface area contributed by atoms with Crippen LogP contribution in [0.2, 0.25) is 5.02 Å². The highest BCUT2D eigenvalue weighted by Crippen LogP contribution is 2.22. The minimum Gasteiger partial charge on any atom is -0.299 e. The van der Waals surface area contributed by atoms with E-state index in [1.807, 2.05) is 24.3 Å². The van der Waals surface area contributed by atoms with E-state index < -0.39 is 0 Å². The normalized spacial score (nSPS) is 10.6. The summed E-state index contributed by atoms with van der Waals surface area (Å²) in [5.74, 6) is 0.912. The van der Waals surface area contributed by atoms with Crippen LogP contribution >= 0.6 is 23.4 Å². The fraction of sp³-hybridized carbons (Fsp3) is 0.562. The summed E-state index contributed by atoms with van der Waals surface area (Å²) in [5.41, 5.74) is 0. The number of hydrogen-bond acceptors (Lipinski definition) is 2. The van der Waals surface area contributed by atoms with Crippen LogP contribution in [0.5, 0.6) is 0 Å². The van der Waals surface area contributed by atoms with E-state index in [4.69, 9.17) is 11.6 Å². The third-order valence-corrected chi connectivity index (χ3v) is 4.29. The smallest absolute Gasteiger partial charge is 0.143 e. The summed E-state index contributed by atoms with van der Waals surface area (Å²) < 4.78 is 0. The number of unbranched alkanes of at least 4 members (excludes halogenated alkanes) is 5. The second-order valence-corrected chi connectivity index (χ2v) is 6.29. The topological polar surface area (TPSA) is 17.1 Å². The van der Waals surface area contributed by atoms with Gasteiger partial charge in [-0.2, -0.15) is 0 Å². The number of carbonyl (C=O) groups is 1. The molecule has 0 heterocycles. The highest BCUT2D eigenvalue weighted by atomic mass is 35.5. The van der Waals surface area contributed by atoms with Crippen LogP contribution in [0.25, 0.3) is 0 Å². The molecule has 0 aliphatic heterocycles. The average Bonchev–Trinajstić information content (AvgIpc) is 2.40. The largest absolute Gasteiger partial charge is 0.299 e. The fourth-order valence-corrected chi connectivity index (χ4v) is 3.01. The SMILES string of the molecule is CCCCCCCCC(=O)CSc1cccc(Cl)c1. The van der Waals surface area contributed by atoms with Gasteiger partial charge >= 0.3 is 0 Å². The van der Waals surface area contributed by atoms with E-state index in [0.29, 0.717) is 11.5 Å². The molecule has 0 aliphatic carbocycles. The molecule has 0 unspecified atom stereocenters. The van der Waals surface area contributed by atoms with E-state index in [-0.39, 0.29) is 0 Å². The van der Waals surface area contributed by atoms with Crippen LogP contribution in [-0.4, -0.2) is 11.5 Å². The predicted octanol–water partition coefficient (Wildman–Crippen LogP) is 5.75. The lowest BCUT2D eigenvalue weighted by Gasteiger charge is -2.02. The van der Waals surface area contributed by atoms with Gasteiger partial charge in [0.05, 0.1) is 5.75 Å². The first kappa shape index (κ1) is 16.6. The Labute approximate surface area is 126 Å². The Morgan fingerprint density at radius 2 is 1.89 bits per heavy atom. The van der Waals surface area contributed by atoms with Crippen molar-refractivity contribution in [3.8, 4) is 0 Å². The summed E-state index contributed by atoms with van der Waals surface area (Å²) in [4.78, 5) is 12.8. The van der Waals surface area contributed by atoms with Gasteiger partial charge in [0.1, 0.15) is 5.78 Å². The molecule has 0 aromatic heterocycles. The van der Waals surface area contributed by atoms with Gasteiger partial charge < -0.3 is 0 Å². The molecule has 0 atom stereocenters. The maximum atomic E-state index is 11.7.